The predicted octanol–water partition coefficient (Wildman–Crippen LogP) is -0.356. The van der Waals surface area contributed by atoms with Crippen LogP contribution in [0.25, 0.3) is 0 Å². The highest BCUT2D eigenvalue weighted by atomic mass is 32.2. The van der Waals surface area contributed by atoms with E-state index >= 15 is 0 Å². The third kappa shape index (κ3) is 6.62. The number of ether oxygens (including phenoxy) is 1. The number of cyclic esters (lactones) is 1. The van der Waals surface area contributed by atoms with Gasteiger partial charge in [0.05, 0.1) is 6.54 Å². The van der Waals surface area contributed by atoms with Crippen molar-refractivity contribution in [2.75, 3.05) is 18.6 Å². The highest BCUT2D eigenvalue weighted by Gasteiger charge is 2.22. The van der Waals surface area contributed by atoms with Crippen LogP contribution in [0.1, 0.15) is 37.9 Å². The van der Waals surface area contributed by atoms with Gasteiger partial charge in [-0.2, -0.15) is 11.8 Å². The van der Waals surface area contributed by atoms with Gasteiger partial charge in [-0.25, -0.2) is 4.68 Å². The molecule has 2 rings (SSSR count). The Morgan fingerprint density at radius 1 is 1.23 bits per heavy atom. The molecule has 1 aliphatic rings. The monoisotopic (exact) mass is 384 g/mol. The molecule has 1 atom stereocenters. The molecule has 2 amide bonds. The van der Waals surface area contributed by atoms with E-state index in [0.717, 1.165) is 0 Å². The Labute approximate surface area is 155 Å². The lowest BCUT2D eigenvalue weighted by Crippen LogP contribution is -2.39. The average Bonchev–Trinajstić information content (AvgIpc) is 3.07. The molecule has 144 valence electrons. The summed E-state index contributed by atoms with van der Waals surface area (Å²) in [6.45, 7) is 0.992. The topological polar surface area (TPSA) is 128 Å². The quantitative estimate of drug-likeness (QED) is 0.677. The second kappa shape index (κ2) is 10.7. The first-order valence-electron chi connectivity index (χ1n) is 8.58. The van der Waals surface area contributed by atoms with E-state index in [-0.39, 0.29) is 31.2 Å². The minimum Gasteiger partial charge on any atom is -0.452 e. The minimum atomic E-state index is -0.805. The summed E-state index contributed by atoms with van der Waals surface area (Å²) in [6, 6.07) is 0. The number of hydrogen-bond acceptors (Lipinski definition) is 8. The number of tetrazole rings is 1. The van der Waals surface area contributed by atoms with Crippen LogP contribution in [-0.4, -0.2) is 62.6 Å². The maximum atomic E-state index is 12.2. The smallest absolute Gasteiger partial charge is 0.306 e. The number of hydrogen-bond donors (Lipinski definition) is 2. The molecule has 1 aromatic rings. The highest BCUT2D eigenvalue weighted by Crippen LogP contribution is 2.08. The number of aromatic nitrogens is 4. The van der Waals surface area contributed by atoms with E-state index in [1.54, 1.807) is 16.4 Å². The van der Waals surface area contributed by atoms with Gasteiger partial charge in [-0.1, -0.05) is 0 Å². The number of amides is 2. The summed E-state index contributed by atoms with van der Waals surface area (Å²) >= 11 is 1.58. The standard InChI is InChI=1S/C15H24N6O4S/c1-26-9-6-11-15(24)16-7-2-4-13(22)17-10-12-18-19-20-21(12)8-3-5-14(23)25-11/h11H,2-10H2,1H3,(H,16,24)(H,17,22). The molecule has 10 nitrogen and oxygen atoms in total. The number of nitrogens with zero attached hydrogens (tertiary/aromatic N) is 4. The molecule has 0 saturated carbocycles. The number of nitrogens with one attached hydrogen (secondary N) is 2. The zero-order chi connectivity index (χ0) is 18.8. The third-order valence-electron chi connectivity index (χ3n) is 3.83. The van der Waals surface area contributed by atoms with Crippen LogP contribution in [0.2, 0.25) is 0 Å². The second-order valence-corrected chi connectivity index (χ2v) is 6.84. The van der Waals surface area contributed by atoms with E-state index in [1.807, 2.05) is 6.26 Å². The van der Waals surface area contributed by atoms with E-state index in [9.17, 15) is 14.4 Å². The molecule has 0 fully saturated rings. The van der Waals surface area contributed by atoms with E-state index in [0.29, 0.717) is 43.9 Å². The van der Waals surface area contributed by atoms with Crippen LogP contribution in [0.4, 0.5) is 0 Å². The number of fused-ring (bicyclic) bond motifs is 1. The summed E-state index contributed by atoms with van der Waals surface area (Å²) in [5.74, 6) is 0.377. The van der Waals surface area contributed by atoms with Gasteiger partial charge in [-0.3, -0.25) is 14.4 Å². The number of rotatable bonds is 3. The Morgan fingerprint density at radius 2 is 2.08 bits per heavy atom. The van der Waals surface area contributed by atoms with Crippen LogP contribution in [0.15, 0.2) is 0 Å². The van der Waals surface area contributed by atoms with Crippen molar-refractivity contribution >= 4 is 29.5 Å². The molecule has 26 heavy (non-hydrogen) atoms. The molecule has 0 saturated heterocycles. The van der Waals surface area contributed by atoms with Crippen LogP contribution in [-0.2, 0) is 32.2 Å². The minimum absolute atomic E-state index is 0.133. The van der Waals surface area contributed by atoms with Gasteiger partial charge in [0.15, 0.2) is 11.9 Å². The first-order chi connectivity index (χ1) is 12.6. The number of thioether (sulfide) groups is 1. The maximum absolute atomic E-state index is 12.2. The number of aryl methyl sites for hydroxylation is 1. The molecule has 1 aromatic heterocycles. The van der Waals surface area contributed by atoms with Crippen molar-refractivity contribution in [1.82, 2.24) is 30.8 Å². The highest BCUT2D eigenvalue weighted by molar-refractivity contribution is 7.98. The maximum Gasteiger partial charge on any atom is 0.306 e. The van der Waals surface area contributed by atoms with Gasteiger partial charge < -0.3 is 15.4 Å². The number of carbonyl (C=O) groups excluding carboxylic acids is 3. The summed E-state index contributed by atoms with van der Waals surface area (Å²) in [5, 5.41) is 16.8. The van der Waals surface area contributed by atoms with Gasteiger partial charge in [0.25, 0.3) is 5.91 Å². The average molecular weight is 384 g/mol. The van der Waals surface area contributed by atoms with Crippen LogP contribution < -0.4 is 10.6 Å². The first kappa shape index (κ1) is 20.1. The SMILES string of the molecule is CSCCC1OC(=O)CCCn2nnnc2CNC(=O)CCCNC1=O. The molecule has 0 aromatic carbocycles. The number of esters is 1. The Balaban J connectivity index is 2.01. The van der Waals surface area contributed by atoms with E-state index in [2.05, 4.69) is 26.2 Å². The molecule has 2 N–H and O–H groups in total. The van der Waals surface area contributed by atoms with Gasteiger partial charge in [-0.05, 0) is 35.3 Å². The molecule has 0 spiro atoms. The predicted molar refractivity (Wildman–Crippen MR) is 94.0 cm³/mol. The molecule has 0 radical (unpaired) electrons. The van der Waals surface area contributed by atoms with Crippen molar-refractivity contribution in [1.29, 1.82) is 0 Å². The summed E-state index contributed by atoms with van der Waals surface area (Å²) in [6.07, 6.45) is 2.98. The van der Waals surface area contributed by atoms with Gasteiger partial charge in [-0.15, -0.1) is 5.10 Å². The summed E-state index contributed by atoms with van der Waals surface area (Å²) in [7, 11) is 0. The van der Waals surface area contributed by atoms with E-state index < -0.39 is 12.1 Å². The Morgan fingerprint density at radius 3 is 2.88 bits per heavy atom. The lowest BCUT2D eigenvalue weighted by atomic mass is 10.2. The summed E-state index contributed by atoms with van der Waals surface area (Å²) in [4.78, 5) is 36.2. The molecule has 0 bridgehead atoms. The van der Waals surface area contributed by atoms with Gasteiger partial charge in [0.1, 0.15) is 0 Å². The number of carbonyl (C=O) groups is 3. The fourth-order valence-corrected chi connectivity index (χ4v) is 2.87. The van der Waals surface area contributed by atoms with E-state index in [4.69, 9.17) is 4.74 Å². The fourth-order valence-electron chi connectivity index (χ4n) is 2.42. The van der Waals surface area contributed by atoms with Crippen LogP contribution in [0.5, 0.6) is 0 Å². The van der Waals surface area contributed by atoms with E-state index in [1.165, 1.54) is 0 Å². The Hall–Kier alpha value is -2.17. The molecule has 0 aliphatic carbocycles. The summed E-state index contributed by atoms with van der Waals surface area (Å²) in [5.41, 5.74) is 0. The molecule has 1 unspecified atom stereocenters. The molecule has 1 aliphatic heterocycles. The largest absolute Gasteiger partial charge is 0.452 e. The molecule has 11 heteroatoms. The van der Waals surface area contributed by atoms with Crippen molar-refractivity contribution in [2.45, 2.75) is 51.3 Å². The van der Waals surface area contributed by atoms with Crippen molar-refractivity contribution in [3.63, 3.8) is 0 Å². The lowest BCUT2D eigenvalue weighted by molar-refractivity contribution is -0.156. The zero-order valence-corrected chi connectivity index (χ0v) is 15.6. The van der Waals surface area contributed by atoms with Crippen LogP contribution in [0.3, 0.4) is 0 Å². The third-order valence-corrected chi connectivity index (χ3v) is 4.47. The van der Waals surface area contributed by atoms with Crippen molar-refractivity contribution < 1.29 is 19.1 Å². The molecular formula is C15H24N6O4S. The fraction of sp³-hybridized carbons (Fsp3) is 0.733. The Bertz CT molecular complexity index is 623. The van der Waals surface area contributed by atoms with Gasteiger partial charge >= 0.3 is 5.97 Å². The summed E-state index contributed by atoms with van der Waals surface area (Å²) < 4.78 is 6.90. The Kier molecular flexibility index (Phi) is 8.32. The van der Waals surface area contributed by atoms with Crippen molar-refractivity contribution in [3.05, 3.63) is 5.82 Å². The molecular weight excluding hydrogens is 360 g/mol. The first-order valence-corrected chi connectivity index (χ1v) is 9.97. The molecule has 2 heterocycles. The van der Waals surface area contributed by atoms with Crippen LogP contribution in [0, 0.1) is 0 Å². The second-order valence-electron chi connectivity index (χ2n) is 5.85. The van der Waals surface area contributed by atoms with Crippen molar-refractivity contribution in [3.8, 4) is 0 Å². The zero-order valence-electron chi connectivity index (χ0n) is 14.8. The van der Waals surface area contributed by atoms with Crippen LogP contribution >= 0.6 is 11.8 Å². The van der Waals surface area contributed by atoms with Gasteiger partial charge in [0, 0.05) is 32.4 Å². The van der Waals surface area contributed by atoms with Gasteiger partial charge in [0.2, 0.25) is 5.91 Å². The van der Waals surface area contributed by atoms with Crippen molar-refractivity contribution in [2.24, 2.45) is 0 Å². The normalized spacial score (nSPS) is 20.7. The lowest BCUT2D eigenvalue weighted by Gasteiger charge is -2.17.